The molecule has 2 aliphatic rings. The zero-order chi connectivity index (χ0) is 17.4. The number of hydrogen-bond acceptors (Lipinski definition) is 3. The minimum absolute atomic E-state index is 0.00662. The van der Waals surface area contributed by atoms with Gasteiger partial charge in [0.05, 0.1) is 12.9 Å². The lowest BCUT2D eigenvalue weighted by Crippen LogP contribution is -2.45. The summed E-state index contributed by atoms with van der Waals surface area (Å²) in [5, 5.41) is 3.11. The van der Waals surface area contributed by atoms with E-state index in [4.69, 9.17) is 4.42 Å². The molecule has 2 aromatic heterocycles. The van der Waals surface area contributed by atoms with E-state index in [2.05, 4.69) is 23.3 Å². The Morgan fingerprint density at radius 1 is 1.48 bits per heavy atom. The predicted octanol–water partition coefficient (Wildman–Crippen LogP) is 3.36. The number of carbonyl (C=O) groups is 1. The number of rotatable bonds is 7. The number of aromatic nitrogens is 2. The van der Waals surface area contributed by atoms with Crippen LogP contribution in [0.3, 0.4) is 0 Å². The number of nitrogens with zero attached hydrogens (tertiary/aromatic N) is 3. The maximum Gasteiger partial charge on any atom is 0.318 e. The molecule has 0 aromatic carbocycles. The second-order valence-electron chi connectivity index (χ2n) is 7.59. The normalized spacial score (nSPS) is 23.3. The smallest absolute Gasteiger partial charge is 0.318 e. The SMILES string of the molecule is CC(Cn1ccnc1)NC(=O)N(Cc1ccc(C2CC2C)o1)C1CC1. The Hall–Kier alpha value is -2.24. The number of nitrogens with one attached hydrogen (secondary N) is 1. The fourth-order valence-electron chi connectivity index (χ4n) is 3.37. The number of imidazole rings is 1. The molecule has 3 atom stereocenters. The lowest BCUT2D eigenvalue weighted by atomic mass is 10.3. The van der Waals surface area contributed by atoms with Crippen molar-refractivity contribution in [2.45, 2.75) is 64.2 Å². The molecule has 2 saturated carbocycles. The highest BCUT2D eigenvalue weighted by atomic mass is 16.3. The third-order valence-corrected chi connectivity index (χ3v) is 5.15. The van der Waals surface area contributed by atoms with Crippen LogP contribution in [0.25, 0.3) is 0 Å². The molecule has 6 heteroatoms. The van der Waals surface area contributed by atoms with Gasteiger partial charge in [-0.1, -0.05) is 6.92 Å². The molecule has 2 fully saturated rings. The summed E-state index contributed by atoms with van der Waals surface area (Å²) in [4.78, 5) is 18.7. The van der Waals surface area contributed by atoms with Gasteiger partial charge < -0.3 is 19.2 Å². The van der Waals surface area contributed by atoms with Gasteiger partial charge in [-0.3, -0.25) is 0 Å². The van der Waals surface area contributed by atoms with E-state index in [9.17, 15) is 4.79 Å². The van der Waals surface area contributed by atoms with Crippen molar-refractivity contribution in [2.24, 2.45) is 5.92 Å². The van der Waals surface area contributed by atoms with Gasteiger partial charge in [0.2, 0.25) is 0 Å². The van der Waals surface area contributed by atoms with Crippen molar-refractivity contribution in [3.8, 4) is 0 Å². The predicted molar refractivity (Wildman–Crippen MR) is 94.0 cm³/mol. The van der Waals surface area contributed by atoms with E-state index in [1.807, 2.05) is 28.7 Å². The molecule has 2 amide bonds. The zero-order valence-electron chi connectivity index (χ0n) is 14.9. The standard InChI is InChI=1S/C19H26N4O2/c1-13-9-17(13)18-6-5-16(25-18)11-23(15-3-4-15)19(24)21-14(2)10-22-8-7-20-12-22/h5-8,12-15,17H,3-4,9-11H2,1-2H3,(H,21,24). The molecule has 1 N–H and O–H groups in total. The molecule has 0 radical (unpaired) electrons. The summed E-state index contributed by atoms with van der Waals surface area (Å²) in [6.45, 7) is 5.53. The van der Waals surface area contributed by atoms with Crippen molar-refractivity contribution in [1.29, 1.82) is 0 Å². The summed E-state index contributed by atoms with van der Waals surface area (Å²) < 4.78 is 7.97. The highest BCUT2D eigenvalue weighted by Crippen LogP contribution is 2.47. The molecule has 0 saturated heterocycles. The van der Waals surface area contributed by atoms with Crippen molar-refractivity contribution in [3.05, 3.63) is 42.4 Å². The Morgan fingerprint density at radius 3 is 2.92 bits per heavy atom. The lowest BCUT2D eigenvalue weighted by molar-refractivity contribution is 0.182. The fourth-order valence-corrected chi connectivity index (χ4v) is 3.37. The number of amides is 2. The molecule has 3 unspecified atom stereocenters. The van der Waals surface area contributed by atoms with Crippen LogP contribution in [0, 0.1) is 5.92 Å². The number of carbonyl (C=O) groups excluding carboxylic acids is 1. The van der Waals surface area contributed by atoms with E-state index < -0.39 is 0 Å². The largest absolute Gasteiger partial charge is 0.464 e. The first kappa shape index (κ1) is 16.2. The first-order chi connectivity index (χ1) is 12.1. The topological polar surface area (TPSA) is 63.3 Å². The van der Waals surface area contributed by atoms with Gasteiger partial charge in [-0.05, 0) is 44.2 Å². The summed E-state index contributed by atoms with van der Waals surface area (Å²) in [6, 6.07) is 4.48. The monoisotopic (exact) mass is 342 g/mol. The molecule has 2 heterocycles. The van der Waals surface area contributed by atoms with Crippen LogP contribution >= 0.6 is 0 Å². The van der Waals surface area contributed by atoms with Gasteiger partial charge in [0.25, 0.3) is 0 Å². The third kappa shape index (κ3) is 3.89. The lowest BCUT2D eigenvalue weighted by Gasteiger charge is -2.24. The minimum atomic E-state index is -0.00662. The molecule has 2 aromatic rings. The van der Waals surface area contributed by atoms with E-state index in [0.29, 0.717) is 25.0 Å². The van der Waals surface area contributed by atoms with Gasteiger partial charge >= 0.3 is 6.03 Å². The third-order valence-electron chi connectivity index (χ3n) is 5.15. The molecule has 0 aliphatic heterocycles. The second kappa shape index (κ2) is 6.58. The fraction of sp³-hybridized carbons (Fsp3) is 0.579. The Balaban J connectivity index is 1.35. The Labute approximate surface area is 148 Å². The highest BCUT2D eigenvalue weighted by Gasteiger charge is 2.37. The van der Waals surface area contributed by atoms with Crippen LogP contribution in [-0.2, 0) is 13.1 Å². The first-order valence-corrected chi connectivity index (χ1v) is 9.21. The van der Waals surface area contributed by atoms with Crippen molar-refractivity contribution >= 4 is 6.03 Å². The van der Waals surface area contributed by atoms with Crippen molar-refractivity contribution in [1.82, 2.24) is 19.8 Å². The Morgan fingerprint density at radius 2 is 2.28 bits per heavy atom. The van der Waals surface area contributed by atoms with E-state index in [-0.39, 0.29) is 12.1 Å². The summed E-state index contributed by atoms with van der Waals surface area (Å²) in [7, 11) is 0. The number of urea groups is 1. The molecule has 2 aliphatic carbocycles. The van der Waals surface area contributed by atoms with Crippen LogP contribution in [-0.4, -0.2) is 32.6 Å². The van der Waals surface area contributed by atoms with Gasteiger partial charge in [0, 0.05) is 36.9 Å². The van der Waals surface area contributed by atoms with Crippen molar-refractivity contribution in [3.63, 3.8) is 0 Å². The average molecular weight is 342 g/mol. The van der Waals surface area contributed by atoms with Gasteiger partial charge in [-0.25, -0.2) is 9.78 Å². The molecule has 134 valence electrons. The quantitative estimate of drug-likeness (QED) is 0.839. The van der Waals surface area contributed by atoms with E-state index in [1.165, 1.54) is 6.42 Å². The van der Waals surface area contributed by atoms with Gasteiger partial charge in [-0.2, -0.15) is 0 Å². The maximum absolute atomic E-state index is 12.7. The molecule has 6 nitrogen and oxygen atoms in total. The van der Waals surface area contributed by atoms with E-state index >= 15 is 0 Å². The number of hydrogen-bond donors (Lipinski definition) is 1. The summed E-state index contributed by atoms with van der Waals surface area (Å²) in [5.41, 5.74) is 0. The Kier molecular flexibility index (Phi) is 4.27. The van der Waals surface area contributed by atoms with Gasteiger partial charge in [0.15, 0.2) is 0 Å². The molecule has 4 rings (SSSR count). The van der Waals surface area contributed by atoms with Crippen LogP contribution in [0.4, 0.5) is 4.79 Å². The number of furan rings is 1. The molecule has 0 spiro atoms. The van der Waals surface area contributed by atoms with Crippen molar-refractivity contribution in [2.75, 3.05) is 0 Å². The summed E-state index contributed by atoms with van der Waals surface area (Å²) >= 11 is 0. The van der Waals surface area contributed by atoms with Crippen molar-refractivity contribution < 1.29 is 9.21 Å². The van der Waals surface area contributed by atoms with Crippen LogP contribution in [0.15, 0.2) is 35.3 Å². The van der Waals surface area contributed by atoms with Crippen LogP contribution in [0.1, 0.15) is 50.5 Å². The first-order valence-electron chi connectivity index (χ1n) is 9.21. The maximum atomic E-state index is 12.7. The Bertz CT molecular complexity index is 720. The highest BCUT2D eigenvalue weighted by molar-refractivity contribution is 5.75. The molecule has 0 bridgehead atoms. The average Bonchev–Trinajstić information content (AvgIpc) is 3.43. The molecule has 25 heavy (non-hydrogen) atoms. The summed E-state index contributed by atoms with van der Waals surface area (Å²) in [5.74, 6) is 3.27. The molecular formula is C19H26N4O2. The van der Waals surface area contributed by atoms with Gasteiger partial charge in [-0.15, -0.1) is 0 Å². The van der Waals surface area contributed by atoms with Crippen LogP contribution in [0.5, 0.6) is 0 Å². The van der Waals surface area contributed by atoms with Crippen LogP contribution < -0.4 is 5.32 Å². The second-order valence-corrected chi connectivity index (χ2v) is 7.59. The van der Waals surface area contributed by atoms with E-state index in [1.54, 1.807) is 12.5 Å². The minimum Gasteiger partial charge on any atom is -0.464 e. The zero-order valence-corrected chi connectivity index (χ0v) is 14.9. The van der Waals surface area contributed by atoms with Crippen LogP contribution in [0.2, 0.25) is 0 Å². The van der Waals surface area contributed by atoms with E-state index in [0.717, 1.165) is 30.3 Å². The summed E-state index contributed by atoms with van der Waals surface area (Å²) in [6.07, 6.45) is 8.80. The van der Waals surface area contributed by atoms with Gasteiger partial charge in [0.1, 0.15) is 11.5 Å². The molecular weight excluding hydrogens is 316 g/mol.